The van der Waals surface area contributed by atoms with Crippen molar-refractivity contribution in [3.8, 4) is 16.3 Å². The molecule has 132 valence electrons. The van der Waals surface area contributed by atoms with E-state index in [1.165, 1.54) is 24.5 Å². The first-order valence-electron chi connectivity index (χ1n) is 7.70. The van der Waals surface area contributed by atoms with E-state index < -0.39 is 5.97 Å². The van der Waals surface area contributed by atoms with Crippen LogP contribution in [0.1, 0.15) is 32.6 Å². The van der Waals surface area contributed by atoms with Gasteiger partial charge in [-0.2, -0.15) is 0 Å². The molecule has 0 N–H and O–H groups in total. The fraction of sp³-hybridized carbons (Fsp3) is 0.333. The van der Waals surface area contributed by atoms with E-state index in [1.54, 1.807) is 25.4 Å². The van der Waals surface area contributed by atoms with Gasteiger partial charge in [0.2, 0.25) is 0 Å². The Labute approximate surface area is 153 Å². The predicted octanol–water partition coefficient (Wildman–Crippen LogP) is 5.71. The van der Waals surface area contributed by atoms with Crippen LogP contribution in [0.3, 0.4) is 0 Å². The number of carbonyl (C=O) groups excluding carboxylic acids is 1. The molecular formula is C18H24ClNO3S. The summed E-state index contributed by atoms with van der Waals surface area (Å²) in [5, 5.41) is 1.35. The van der Waals surface area contributed by atoms with Gasteiger partial charge < -0.3 is 9.47 Å². The third-order valence-corrected chi connectivity index (χ3v) is 3.82. The summed E-state index contributed by atoms with van der Waals surface area (Å²) < 4.78 is 9.64. The van der Waals surface area contributed by atoms with E-state index in [0.717, 1.165) is 15.4 Å². The van der Waals surface area contributed by atoms with Crippen LogP contribution in [-0.4, -0.2) is 25.2 Å². The van der Waals surface area contributed by atoms with Gasteiger partial charge in [-0.25, -0.2) is 9.78 Å². The second-order valence-electron chi connectivity index (χ2n) is 3.77. The number of aromatic nitrogens is 1. The smallest absolute Gasteiger partial charge is 0.330 e. The third-order valence-electron chi connectivity index (χ3n) is 2.52. The van der Waals surface area contributed by atoms with Gasteiger partial charge >= 0.3 is 5.97 Å². The summed E-state index contributed by atoms with van der Waals surface area (Å²) in [6.45, 7) is 8.00. The molecule has 0 fully saturated rings. The number of rotatable bonds is 4. The van der Waals surface area contributed by atoms with Gasteiger partial charge in [0.25, 0.3) is 0 Å². The maximum atomic E-state index is 11.0. The van der Waals surface area contributed by atoms with Crippen LogP contribution in [-0.2, 0) is 9.53 Å². The Balaban J connectivity index is 0.00000123. The van der Waals surface area contributed by atoms with Crippen LogP contribution < -0.4 is 4.74 Å². The van der Waals surface area contributed by atoms with E-state index in [9.17, 15) is 4.79 Å². The van der Waals surface area contributed by atoms with E-state index in [2.05, 4.69) is 9.72 Å². The van der Waals surface area contributed by atoms with Gasteiger partial charge in [-0.15, -0.1) is 11.3 Å². The molecule has 0 aliphatic rings. The molecule has 1 aromatic carbocycles. The Kier molecular flexibility index (Phi) is 11.6. The largest absolute Gasteiger partial charge is 0.497 e. The van der Waals surface area contributed by atoms with Crippen molar-refractivity contribution >= 4 is 35.0 Å². The van der Waals surface area contributed by atoms with Crippen molar-refractivity contribution in [1.29, 1.82) is 0 Å². The van der Waals surface area contributed by atoms with Gasteiger partial charge in [-0.3, -0.25) is 0 Å². The summed E-state index contributed by atoms with van der Waals surface area (Å²) in [6.07, 6.45) is 4.69. The van der Waals surface area contributed by atoms with Crippen LogP contribution >= 0.6 is 22.9 Å². The minimum atomic E-state index is -0.401. The van der Waals surface area contributed by atoms with Crippen LogP contribution in [0.15, 0.2) is 30.5 Å². The number of methoxy groups -OCH3 is 2. The van der Waals surface area contributed by atoms with Gasteiger partial charge in [0.15, 0.2) is 0 Å². The van der Waals surface area contributed by atoms with Crippen LogP contribution in [0, 0.1) is 0 Å². The number of carbonyl (C=O) groups is 1. The molecule has 0 saturated carbocycles. The molecule has 0 aliphatic carbocycles. The van der Waals surface area contributed by atoms with Crippen LogP contribution in [0.25, 0.3) is 16.6 Å². The molecule has 24 heavy (non-hydrogen) atoms. The third kappa shape index (κ3) is 6.72. The minimum Gasteiger partial charge on any atom is -0.497 e. The predicted molar refractivity (Wildman–Crippen MR) is 103 cm³/mol. The molecule has 0 atom stereocenters. The van der Waals surface area contributed by atoms with E-state index in [4.69, 9.17) is 16.3 Å². The second-order valence-corrected chi connectivity index (χ2v) is 5.24. The standard InChI is InChI=1S/C14H12ClNO3S.2C2H6/c1-18-9-3-5-11(12(15)7-9)14-16-8-10(20-14)4-6-13(17)19-2;2*1-2/h3-8H,1-2H3;2*1-2H3/b6-4+;;. The highest BCUT2D eigenvalue weighted by molar-refractivity contribution is 7.15. The number of halogens is 1. The molecule has 0 spiro atoms. The summed E-state index contributed by atoms with van der Waals surface area (Å²) >= 11 is 7.63. The first-order valence-corrected chi connectivity index (χ1v) is 8.89. The van der Waals surface area contributed by atoms with Crippen molar-refractivity contribution in [3.05, 3.63) is 40.4 Å². The average molecular weight is 370 g/mol. The Hall–Kier alpha value is -1.85. The molecule has 1 aromatic heterocycles. The summed E-state index contributed by atoms with van der Waals surface area (Å²) in [7, 11) is 2.92. The molecule has 0 unspecified atom stereocenters. The van der Waals surface area contributed by atoms with Crippen molar-refractivity contribution < 1.29 is 14.3 Å². The number of ether oxygens (including phenoxy) is 2. The Morgan fingerprint density at radius 1 is 1.21 bits per heavy atom. The topological polar surface area (TPSA) is 48.4 Å². The van der Waals surface area contributed by atoms with Gasteiger partial charge in [0.1, 0.15) is 10.8 Å². The first kappa shape index (κ1) is 22.2. The molecular weight excluding hydrogens is 346 g/mol. The maximum absolute atomic E-state index is 11.0. The summed E-state index contributed by atoms with van der Waals surface area (Å²) in [4.78, 5) is 16.2. The van der Waals surface area contributed by atoms with E-state index >= 15 is 0 Å². The zero-order valence-corrected chi connectivity index (χ0v) is 16.5. The minimum absolute atomic E-state index is 0.401. The lowest BCUT2D eigenvalue weighted by Gasteiger charge is -2.03. The summed E-state index contributed by atoms with van der Waals surface area (Å²) in [6, 6.07) is 5.42. The van der Waals surface area contributed by atoms with Crippen LogP contribution in [0.5, 0.6) is 5.75 Å². The lowest BCUT2D eigenvalue weighted by Crippen LogP contribution is -1.92. The molecule has 0 bridgehead atoms. The number of hydrogen-bond acceptors (Lipinski definition) is 5. The normalized spacial score (nSPS) is 9.46. The Morgan fingerprint density at radius 2 is 1.88 bits per heavy atom. The number of esters is 1. The second kappa shape index (κ2) is 12.6. The molecule has 1 heterocycles. The van der Waals surface area contributed by atoms with Crippen molar-refractivity contribution in [1.82, 2.24) is 4.98 Å². The van der Waals surface area contributed by atoms with Gasteiger partial charge in [-0.1, -0.05) is 39.3 Å². The zero-order chi connectivity index (χ0) is 18.5. The van der Waals surface area contributed by atoms with Crippen LogP contribution in [0.4, 0.5) is 0 Å². The summed E-state index contributed by atoms with van der Waals surface area (Å²) in [5.74, 6) is 0.295. The van der Waals surface area contributed by atoms with Crippen LogP contribution in [0.2, 0.25) is 5.02 Å². The fourth-order valence-electron chi connectivity index (χ4n) is 1.50. The maximum Gasteiger partial charge on any atom is 0.330 e. The number of nitrogens with zero attached hydrogens (tertiary/aromatic N) is 1. The van der Waals surface area contributed by atoms with Crippen molar-refractivity contribution in [2.24, 2.45) is 0 Å². The average Bonchev–Trinajstić information content (AvgIpc) is 3.11. The van der Waals surface area contributed by atoms with E-state index in [-0.39, 0.29) is 0 Å². The fourth-order valence-corrected chi connectivity index (χ4v) is 2.68. The molecule has 0 saturated heterocycles. The van der Waals surface area contributed by atoms with Crippen molar-refractivity contribution in [2.75, 3.05) is 14.2 Å². The van der Waals surface area contributed by atoms with Crippen molar-refractivity contribution in [2.45, 2.75) is 27.7 Å². The molecule has 4 nitrogen and oxygen atoms in total. The lowest BCUT2D eigenvalue weighted by atomic mass is 10.2. The summed E-state index contributed by atoms with van der Waals surface area (Å²) in [5.41, 5.74) is 0.829. The Bertz CT molecular complexity index is 653. The van der Waals surface area contributed by atoms with Gasteiger partial charge in [-0.05, 0) is 24.3 Å². The zero-order valence-electron chi connectivity index (χ0n) is 14.9. The van der Waals surface area contributed by atoms with Gasteiger partial charge in [0, 0.05) is 22.7 Å². The highest BCUT2D eigenvalue weighted by atomic mass is 35.5. The molecule has 0 radical (unpaired) electrons. The highest BCUT2D eigenvalue weighted by Crippen LogP contribution is 2.33. The Morgan fingerprint density at radius 3 is 2.42 bits per heavy atom. The van der Waals surface area contributed by atoms with E-state index in [1.807, 2.05) is 39.8 Å². The quantitative estimate of drug-likeness (QED) is 0.511. The number of benzene rings is 1. The van der Waals surface area contributed by atoms with E-state index in [0.29, 0.717) is 10.8 Å². The molecule has 2 aromatic rings. The monoisotopic (exact) mass is 369 g/mol. The first-order chi connectivity index (χ1) is 11.6. The highest BCUT2D eigenvalue weighted by Gasteiger charge is 2.09. The van der Waals surface area contributed by atoms with Crippen molar-refractivity contribution in [3.63, 3.8) is 0 Å². The molecule has 0 aliphatic heterocycles. The molecule has 6 heteroatoms. The van der Waals surface area contributed by atoms with Gasteiger partial charge in [0.05, 0.1) is 19.2 Å². The SMILES string of the molecule is CC.CC.COC(=O)/C=C/c1cnc(-c2ccc(OC)cc2Cl)s1. The molecule has 0 amide bonds. The number of thiazole rings is 1. The molecule has 2 rings (SSSR count). The number of hydrogen-bond donors (Lipinski definition) is 0. The lowest BCUT2D eigenvalue weighted by molar-refractivity contribution is -0.134.